The smallest absolute Gasteiger partial charge is 0.239 e. The van der Waals surface area contributed by atoms with Crippen molar-refractivity contribution in [2.45, 2.75) is 6.42 Å². The Balaban J connectivity index is 2.28. The van der Waals surface area contributed by atoms with E-state index in [2.05, 4.69) is 33.1 Å². The van der Waals surface area contributed by atoms with Gasteiger partial charge in [-0.3, -0.25) is 9.79 Å². The summed E-state index contributed by atoms with van der Waals surface area (Å²) in [5, 5.41) is 7.89. The second kappa shape index (κ2) is 10.2. The predicted octanol–water partition coefficient (Wildman–Crippen LogP) is 0.560. The third-order valence-electron chi connectivity index (χ3n) is 2.88. The first-order valence-corrected chi connectivity index (χ1v) is 7.75. The molecule has 1 rings (SSSR count). The predicted molar refractivity (Wildman–Crippen MR) is 86.9 cm³/mol. The molecule has 6 nitrogen and oxygen atoms in total. The number of nitrogens with one attached hydrogen (secondary N) is 2. The topological polar surface area (TPSA) is 66.0 Å². The van der Waals surface area contributed by atoms with Gasteiger partial charge in [0.2, 0.25) is 5.91 Å². The van der Waals surface area contributed by atoms with Crippen LogP contribution < -0.4 is 10.6 Å². The van der Waals surface area contributed by atoms with E-state index in [1.54, 1.807) is 25.5 Å². The van der Waals surface area contributed by atoms with Crippen LogP contribution in [0.3, 0.4) is 0 Å². The molecule has 2 N–H and O–H groups in total. The molecule has 1 aromatic heterocycles. The molecule has 0 saturated carbocycles. The monoisotopic (exact) mass is 312 g/mol. The lowest BCUT2D eigenvalue weighted by atomic mass is 10.3. The molecule has 21 heavy (non-hydrogen) atoms. The van der Waals surface area contributed by atoms with Gasteiger partial charge in [-0.1, -0.05) is 6.07 Å². The molecule has 0 atom stereocenters. The van der Waals surface area contributed by atoms with Gasteiger partial charge in [0.15, 0.2) is 5.96 Å². The maximum Gasteiger partial charge on any atom is 0.239 e. The lowest BCUT2D eigenvalue weighted by Crippen LogP contribution is -2.44. The van der Waals surface area contributed by atoms with Gasteiger partial charge in [-0.25, -0.2) is 0 Å². The summed E-state index contributed by atoms with van der Waals surface area (Å²) in [6.45, 7) is 2.09. The highest BCUT2D eigenvalue weighted by atomic mass is 32.1. The first kappa shape index (κ1) is 17.5. The Morgan fingerprint density at radius 3 is 2.90 bits per heavy atom. The molecule has 0 spiro atoms. The van der Waals surface area contributed by atoms with E-state index < -0.39 is 0 Å². The number of hydrogen-bond donors (Lipinski definition) is 2. The standard InChI is InChI=1S/C14H24N4O2S/c1-15-14(17-11-13(19)16-7-9-20-3)18(2)8-6-12-5-4-10-21-12/h4-5,10H,6-9,11H2,1-3H3,(H,15,17)(H,16,19). The van der Waals surface area contributed by atoms with E-state index in [0.717, 1.165) is 13.0 Å². The van der Waals surface area contributed by atoms with Crippen molar-refractivity contribution in [1.82, 2.24) is 15.5 Å². The highest BCUT2D eigenvalue weighted by Crippen LogP contribution is 2.09. The molecule has 0 bridgehead atoms. The number of carbonyl (C=O) groups is 1. The Bertz CT molecular complexity index is 434. The quantitative estimate of drug-likeness (QED) is 0.418. The maximum absolute atomic E-state index is 11.6. The van der Waals surface area contributed by atoms with Crippen LogP contribution in [0.2, 0.25) is 0 Å². The second-order valence-corrected chi connectivity index (χ2v) is 5.53. The molecular formula is C14H24N4O2S. The minimum Gasteiger partial charge on any atom is -0.383 e. The van der Waals surface area contributed by atoms with Gasteiger partial charge in [-0.05, 0) is 17.9 Å². The number of carbonyl (C=O) groups excluding carboxylic acids is 1. The molecule has 0 radical (unpaired) electrons. The third kappa shape index (κ3) is 7.10. The molecule has 1 amide bonds. The zero-order chi connectivity index (χ0) is 15.5. The fraction of sp³-hybridized carbons (Fsp3) is 0.571. The number of hydrogen-bond acceptors (Lipinski definition) is 4. The zero-order valence-corrected chi connectivity index (χ0v) is 13.7. The molecule has 0 aliphatic rings. The third-order valence-corrected chi connectivity index (χ3v) is 3.82. The van der Waals surface area contributed by atoms with Gasteiger partial charge in [-0.2, -0.15) is 0 Å². The van der Waals surface area contributed by atoms with E-state index in [9.17, 15) is 4.79 Å². The Kier molecular flexibility index (Phi) is 8.45. The molecule has 7 heteroatoms. The van der Waals surface area contributed by atoms with Gasteiger partial charge in [0.1, 0.15) is 0 Å². The average molecular weight is 312 g/mol. The molecule has 118 valence electrons. The first-order chi connectivity index (χ1) is 10.2. The number of likely N-dealkylation sites (N-methyl/N-ethyl adjacent to an activating group) is 1. The molecular weight excluding hydrogens is 288 g/mol. The lowest BCUT2D eigenvalue weighted by molar-refractivity contribution is -0.120. The van der Waals surface area contributed by atoms with Crippen molar-refractivity contribution in [3.63, 3.8) is 0 Å². The van der Waals surface area contributed by atoms with Crippen LogP contribution in [-0.4, -0.2) is 64.2 Å². The summed E-state index contributed by atoms with van der Waals surface area (Å²) >= 11 is 1.75. The Hall–Kier alpha value is -1.60. The van der Waals surface area contributed by atoms with Crippen molar-refractivity contribution in [1.29, 1.82) is 0 Å². The summed E-state index contributed by atoms with van der Waals surface area (Å²) in [6, 6.07) is 4.18. The van der Waals surface area contributed by atoms with Crippen LogP contribution in [0.1, 0.15) is 4.88 Å². The van der Waals surface area contributed by atoms with Crippen LogP contribution in [0, 0.1) is 0 Å². The van der Waals surface area contributed by atoms with Gasteiger partial charge in [0.05, 0.1) is 13.2 Å². The van der Waals surface area contributed by atoms with Crippen molar-refractivity contribution < 1.29 is 9.53 Å². The summed E-state index contributed by atoms with van der Waals surface area (Å²) in [7, 11) is 5.29. The highest BCUT2D eigenvalue weighted by Gasteiger charge is 2.08. The largest absolute Gasteiger partial charge is 0.383 e. The van der Waals surface area contributed by atoms with Gasteiger partial charge >= 0.3 is 0 Å². The number of ether oxygens (including phenoxy) is 1. The average Bonchev–Trinajstić information content (AvgIpc) is 2.99. The maximum atomic E-state index is 11.6. The number of methoxy groups -OCH3 is 1. The molecule has 0 unspecified atom stereocenters. The molecule has 0 aromatic carbocycles. The van der Waals surface area contributed by atoms with Gasteiger partial charge in [0, 0.05) is 39.2 Å². The van der Waals surface area contributed by atoms with Crippen molar-refractivity contribution in [2.75, 3.05) is 47.4 Å². The van der Waals surface area contributed by atoms with E-state index in [0.29, 0.717) is 19.1 Å². The van der Waals surface area contributed by atoms with Crippen LogP contribution in [0.5, 0.6) is 0 Å². The zero-order valence-electron chi connectivity index (χ0n) is 12.9. The van der Waals surface area contributed by atoms with Crippen LogP contribution in [-0.2, 0) is 16.0 Å². The molecule has 1 aromatic rings. The summed E-state index contributed by atoms with van der Waals surface area (Å²) in [5.74, 6) is 0.647. The minimum absolute atomic E-state index is 0.0696. The number of aliphatic imine (C=N–C) groups is 1. The van der Waals surface area contributed by atoms with Crippen molar-refractivity contribution in [3.8, 4) is 0 Å². The Morgan fingerprint density at radius 1 is 1.48 bits per heavy atom. The summed E-state index contributed by atoms with van der Waals surface area (Å²) in [4.78, 5) is 19.1. The molecule has 0 aliphatic carbocycles. The number of amides is 1. The van der Waals surface area contributed by atoms with Gasteiger partial charge < -0.3 is 20.3 Å². The van der Waals surface area contributed by atoms with E-state index in [1.165, 1.54) is 4.88 Å². The van der Waals surface area contributed by atoms with Crippen LogP contribution in [0.25, 0.3) is 0 Å². The summed E-state index contributed by atoms with van der Waals surface area (Å²) < 4.78 is 4.88. The van der Waals surface area contributed by atoms with Crippen LogP contribution in [0.4, 0.5) is 0 Å². The SMILES string of the molecule is CN=C(NCC(=O)NCCOC)N(C)CCc1cccs1. The van der Waals surface area contributed by atoms with Crippen molar-refractivity contribution >= 4 is 23.2 Å². The Labute approximate surface area is 130 Å². The summed E-state index contributed by atoms with van der Waals surface area (Å²) in [6.07, 6.45) is 0.967. The van der Waals surface area contributed by atoms with E-state index in [-0.39, 0.29) is 12.5 Å². The van der Waals surface area contributed by atoms with E-state index in [4.69, 9.17) is 4.74 Å². The molecule has 0 fully saturated rings. The Morgan fingerprint density at radius 2 is 2.29 bits per heavy atom. The summed E-state index contributed by atoms with van der Waals surface area (Å²) in [5.41, 5.74) is 0. The van der Waals surface area contributed by atoms with Crippen molar-refractivity contribution in [2.24, 2.45) is 4.99 Å². The lowest BCUT2D eigenvalue weighted by Gasteiger charge is -2.21. The molecule has 0 saturated heterocycles. The fourth-order valence-corrected chi connectivity index (χ4v) is 2.44. The van der Waals surface area contributed by atoms with Gasteiger partial charge in [-0.15, -0.1) is 11.3 Å². The normalized spacial score (nSPS) is 11.3. The highest BCUT2D eigenvalue weighted by molar-refractivity contribution is 7.09. The molecule has 1 heterocycles. The van der Waals surface area contributed by atoms with E-state index >= 15 is 0 Å². The number of thiophene rings is 1. The number of guanidine groups is 1. The van der Waals surface area contributed by atoms with Crippen molar-refractivity contribution in [3.05, 3.63) is 22.4 Å². The van der Waals surface area contributed by atoms with Gasteiger partial charge in [0.25, 0.3) is 0 Å². The fourth-order valence-electron chi connectivity index (χ4n) is 1.74. The molecule has 0 aliphatic heterocycles. The first-order valence-electron chi connectivity index (χ1n) is 6.87. The minimum atomic E-state index is -0.0696. The second-order valence-electron chi connectivity index (χ2n) is 4.49. The van der Waals surface area contributed by atoms with Crippen LogP contribution >= 0.6 is 11.3 Å². The van der Waals surface area contributed by atoms with Crippen LogP contribution in [0.15, 0.2) is 22.5 Å². The number of nitrogens with zero attached hydrogens (tertiary/aromatic N) is 2. The van der Waals surface area contributed by atoms with E-state index in [1.807, 2.05) is 11.9 Å². The number of rotatable bonds is 8.